The van der Waals surface area contributed by atoms with E-state index in [1.807, 2.05) is 0 Å². The Hall–Kier alpha value is -1.55. The summed E-state index contributed by atoms with van der Waals surface area (Å²) in [6.07, 6.45) is -6.01. The third-order valence-corrected chi connectivity index (χ3v) is 3.05. The number of hydrogen-bond acceptors (Lipinski definition) is 2. The quantitative estimate of drug-likeness (QED) is 0.470. The number of carbonyl (C=O) groups is 1. The molecule has 1 N–H and O–H groups in total. The zero-order chi connectivity index (χ0) is 18.1. The van der Waals surface area contributed by atoms with Crippen LogP contribution < -0.4 is 5.43 Å². The summed E-state index contributed by atoms with van der Waals surface area (Å²) in [5, 5.41) is 2.80. The van der Waals surface area contributed by atoms with Crippen molar-refractivity contribution in [2.45, 2.75) is 18.0 Å². The lowest BCUT2D eigenvalue weighted by atomic mass is 10.1. The van der Waals surface area contributed by atoms with Gasteiger partial charge in [-0.05, 0) is 12.1 Å². The summed E-state index contributed by atoms with van der Waals surface area (Å²) < 4.78 is 86.8. The summed E-state index contributed by atoms with van der Waals surface area (Å²) >= 11 is 11.3. The molecule has 3 nitrogen and oxygen atoms in total. The van der Waals surface area contributed by atoms with E-state index in [1.165, 1.54) is 18.2 Å². The van der Waals surface area contributed by atoms with Crippen LogP contribution in [0.1, 0.15) is 5.56 Å². The highest BCUT2D eigenvalue weighted by atomic mass is 35.5. The average molecular weight is 385 g/mol. The van der Waals surface area contributed by atoms with E-state index in [9.17, 15) is 35.5 Å². The Morgan fingerprint density at radius 3 is 1.96 bits per heavy atom. The number of amides is 1. The van der Waals surface area contributed by atoms with Gasteiger partial charge in [0, 0.05) is 5.56 Å². The minimum absolute atomic E-state index is 0.0251. The molecule has 0 bridgehead atoms. The predicted molar refractivity (Wildman–Crippen MR) is 68.1 cm³/mol. The van der Waals surface area contributed by atoms with Gasteiger partial charge in [0.1, 0.15) is 0 Å². The van der Waals surface area contributed by atoms with Crippen molar-refractivity contribution in [3.63, 3.8) is 0 Å². The fraction of sp³-hybridized carbons (Fsp3) is 0.273. The summed E-state index contributed by atoms with van der Waals surface area (Å²) in [5.74, 6) is -15.6. The summed E-state index contributed by atoms with van der Waals surface area (Å²) in [5.41, 5.74) is 0.820. The van der Waals surface area contributed by atoms with E-state index >= 15 is 0 Å². The van der Waals surface area contributed by atoms with Gasteiger partial charge < -0.3 is 0 Å². The third kappa shape index (κ3) is 3.86. The number of hydrazone groups is 1. The van der Waals surface area contributed by atoms with Crippen molar-refractivity contribution in [2.75, 3.05) is 0 Å². The number of alkyl halides is 7. The Bertz CT molecular complexity index is 611. The van der Waals surface area contributed by atoms with Gasteiger partial charge in [0.05, 0.1) is 16.3 Å². The fourth-order valence-electron chi connectivity index (χ4n) is 1.18. The van der Waals surface area contributed by atoms with Crippen molar-refractivity contribution in [3.05, 3.63) is 33.8 Å². The standard InChI is InChI=1S/C11H5Cl2F7N2O/c12-6-2-1-3-7(13)5(6)4-21-22-8(23)9(14,15)10(16,17)11(18,19)20/h1-4H,(H,22,23). The maximum absolute atomic E-state index is 13.0. The second kappa shape index (κ2) is 6.52. The number of hydrogen-bond donors (Lipinski definition) is 1. The molecule has 0 saturated carbocycles. The molecule has 0 spiro atoms. The van der Waals surface area contributed by atoms with Crippen molar-refractivity contribution in [2.24, 2.45) is 5.10 Å². The zero-order valence-corrected chi connectivity index (χ0v) is 12.1. The molecule has 1 aromatic carbocycles. The average Bonchev–Trinajstić information content (AvgIpc) is 2.40. The van der Waals surface area contributed by atoms with Gasteiger partial charge in [0.2, 0.25) is 0 Å². The van der Waals surface area contributed by atoms with E-state index in [4.69, 9.17) is 23.2 Å². The number of rotatable bonds is 4. The third-order valence-electron chi connectivity index (χ3n) is 2.39. The molecule has 0 aliphatic carbocycles. The van der Waals surface area contributed by atoms with Gasteiger partial charge in [-0.1, -0.05) is 29.3 Å². The number of nitrogens with zero attached hydrogens (tertiary/aromatic N) is 1. The van der Waals surface area contributed by atoms with Crippen LogP contribution in [-0.4, -0.2) is 30.1 Å². The highest BCUT2D eigenvalue weighted by Crippen LogP contribution is 2.46. The van der Waals surface area contributed by atoms with Crippen LogP contribution in [0.2, 0.25) is 10.0 Å². The van der Waals surface area contributed by atoms with Crippen molar-refractivity contribution in [1.82, 2.24) is 5.43 Å². The lowest BCUT2D eigenvalue weighted by Crippen LogP contribution is -2.58. The number of halogens is 9. The van der Waals surface area contributed by atoms with Crippen LogP contribution in [0, 0.1) is 0 Å². The Kier molecular flexibility index (Phi) is 5.53. The monoisotopic (exact) mass is 384 g/mol. The molecule has 0 aliphatic heterocycles. The summed E-state index contributed by atoms with van der Waals surface area (Å²) in [4.78, 5) is 10.9. The summed E-state index contributed by atoms with van der Waals surface area (Å²) in [7, 11) is 0. The van der Waals surface area contributed by atoms with Crippen LogP contribution in [0.3, 0.4) is 0 Å². The first kappa shape index (κ1) is 19.5. The fourth-order valence-corrected chi connectivity index (χ4v) is 1.68. The molecule has 1 rings (SSSR count). The number of nitrogens with one attached hydrogen (secondary N) is 1. The van der Waals surface area contributed by atoms with E-state index in [-0.39, 0.29) is 15.6 Å². The molecule has 23 heavy (non-hydrogen) atoms. The van der Waals surface area contributed by atoms with Gasteiger partial charge in [0.15, 0.2) is 0 Å². The topological polar surface area (TPSA) is 41.5 Å². The molecule has 0 atom stereocenters. The van der Waals surface area contributed by atoms with Crippen LogP contribution in [0.15, 0.2) is 23.3 Å². The largest absolute Gasteiger partial charge is 0.460 e. The van der Waals surface area contributed by atoms with Gasteiger partial charge in [-0.3, -0.25) is 4.79 Å². The summed E-state index contributed by atoms with van der Waals surface area (Å²) in [6.45, 7) is 0. The van der Waals surface area contributed by atoms with E-state index in [0.29, 0.717) is 6.21 Å². The molecule has 0 fully saturated rings. The first-order valence-corrected chi connectivity index (χ1v) is 6.18. The zero-order valence-electron chi connectivity index (χ0n) is 10.6. The van der Waals surface area contributed by atoms with Gasteiger partial charge in [0.25, 0.3) is 0 Å². The first-order valence-electron chi connectivity index (χ1n) is 5.42. The smallest absolute Gasteiger partial charge is 0.266 e. The maximum atomic E-state index is 13.0. The Morgan fingerprint density at radius 2 is 1.52 bits per heavy atom. The van der Waals surface area contributed by atoms with Crippen molar-refractivity contribution >= 4 is 35.3 Å². The molecular formula is C11H5Cl2F7N2O. The van der Waals surface area contributed by atoms with Gasteiger partial charge in [-0.2, -0.15) is 35.8 Å². The van der Waals surface area contributed by atoms with Crippen LogP contribution in [-0.2, 0) is 4.79 Å². The second-order valence-corrected chi connectivity index (χ2v) is 4.80. The molecule has 1 amide bonds. The maximum Gasteiger partial charge on any atom is 0.460 e. The van der Waals surface area contributed by atoms with Crippen LogP contribution in [0.5, 0.6) is 0 Å². The molecule has 0 heterocycles. The van der Waals surface area contributed by atoms with E-state index < -0.39 is 23.9 Å². The normalized spacial score (nSPS) is 13.4. The molecule has 0 radical (unpaired) electrons. The Balaban J connectivity index is 2.94. The SMILES string of the molecule is O=C(NN=Cc1c(Cl)cccc1Cl)C(F)(F)C(F)(F)C(F)(F)F. The van der Waals surface area contributed by atoms with E-state index in [0.717, 1.165) is 5.43 Å². The lowest BCUT2D eigenvalue weighted by Gasteiger charge is -2.26. The highest BCUT2D eigenvalue weighted by molar-refractivity contribution is 6.38. The molecule has 0 aromatic heterocycles. The molecule has 0 aliphatic rings. The molecular weight excluding hydrogens is 380 g/mol. The molecule has 0 unspecified atom stereocenters. The first-order chi connectivity index (χ1) is 10.3. The molecule has 128 valence electrons. The lowest BCUT2D eigenvalue weighted by molar-refractivity contribution is -0.344. The van der Waals surface area contributed by atoms with Crippen molar-refractivity contribution in [1.29, 1.82) is 0 Å². The second-order valence-electron chi connectivity index (χ2n) is 3.98. The minimum atomic E-state index is -6.62. The number of benzene rings is 1. The molecule has 1 aromatic rings. The van der Waals surface area contributed by atoms with Gasteiger partial charge in [-0.15, -0.1) is 0 Å². The van der Waals surface area contributed by atoms with Crippen molar-refractivity contribution in [3.8, 4) is 0 Å². The molecule has 0 saturated heterocycles. The Labute approximate surface area is 134 Å². The summed E-state index contributed by atoms with van der Waals surface area (Å²) in [6, 6.07) is 4.03. The predicted octanol–water partition coefficient (Wildman–Crippen LogP) is 4.28. The van der Waals surface area contributed by atoms with Gasteiger partial charge >= 0.3 is 23.9 Å². The van der Waals surface area contributed by atoms with Crippen LogP contribution in [0.25, 0.3) is 0 Å². The highest BCUT2D eigenvalue weighted by Gasteiger charge is 2.76. The molecule has 12 heteroatoms. The van der Waals surface area contributed by atoms with Crippen LogP contribution in [0.4, 0.5) is 30.7 Å². The number of carbonyl (C=O) groups excluding carboxylic acids is 1. The van der Waals surface area contributed by atoms with Crippen LogP contribution >= 0.6 is 23.2 Å². The van der Waals surface area contributed by atoms with E-state index in [2.05, 4.69) is 5.10 Å². The van der Waals surface area contributed by atoms with E-state index in [1.54, 1.807) is 0 Å². The van der Waals surface area contributed by atoms with Gasteiger partial charge in [-0.25, -0.2) is 5.43 Å². The minimum Gasteiger partial charge on any atom is -0.266 e. The Morgan fingerprint density at radius 1 is 1.04 bits per heavy atom. The van der Waals surface area contributed by atoms with Crippen molar-refractivity contribution < 1.29 is 35.5 Å².